The molecule has 1 amide bonds. The number of carbonyl (C=O) groups excluding carboxylic acids is 1. The first-order chi connectivity index (χ1) is 16.2. The molecule has 2 aromatic carbocycles. The van der Waals surface area contributed by atoms with Crippen LogP contribution in [0.4, 0.5) is 11.5 Å². The molecule has 1 fully saturated rings. The molecule has 1 aliphatic rings. The van der Waals surface area contributed by atoms with Crippen LogP contribution < -0.4 is 5.32 Å². The highest BCUT2D eigenvalue weighted by Gasteiger charge is 2.31. The first-order valence-corrected chi connectivity index (χ1v) is 12.5. The molecule has 1 N–H and O–H groups in total. The largest absolute Gasteiger partial charge is 0.310 e. The number of nitrogens with zero attached hydrogens (tertiary/aromatic N) is 4. The number of amides is 1. The Morgan fingerprint density at radius 2 is 1.76 bits per heavy atom. The fourth-order valence-corrected chi connectivity index (χ4v) is 5.56. The molecule has 10 nitrogen and oxygen atoms in total. The highest BCUT2D eigenvalue weighted by molar-refractivity contribution is 7.88. The van der Waals surface area contributed by atoms with Crippen molar-refractivity contribution in [1.82, 2.24) is 14.1 Å². The van der Waals surface area contributed by atoms with Crippen LogP contribution in [-0.4, -0.2) is 46.4 Å². The quantitative estimate of drug-likeness (QED) is 0.406. The van der Waals surface area contributed by atoms with E-state index in [9.17, 15) is 23.3 Å². The Morgan fingerprint density at radius 1 is 1.12 bits per heavy atom. The van der Waals surface area contributed by atoms with Crippen molar-refractivity contribution in [3.05, 3.63) is 82.0 Å². The van der Waals surface area contributed by atoms with Gasteiger partial charge in [-0.15, -0.1) is 0 Å². The number of nitro groups is 1. The number of hydrogen-bond acceptors (Lipinski definition) is 6. The summed E-state index contributed by atoms with van der Waals surface area (Å²) in [6, 6.07) is 16.6. The van der Waals surface area contributed by atoms with Crippen molar-refractivity contribution in [2.45, 2.75) is 25.5 Å². The second-order valence-corrected chi connectivity index (χ2v) is 10.2. The van der Waals surface area contributed by atoms with Crippen molar-refractivity contribution in [3.63, 3.8) is 0 Å². The highest BCUT2D eigenvalue weighted by Crippen LogP contribution is 2.25. The van der Waals surface area contributed by atoms with Gasteiger partial charge in [0.15, 0.2) is 0 Å². The van der Waals surface area contributed by atoms with Gasteiger partial charge < -0.3 is 5.32 Å². The van der Waals surface area contributed by atoms with Crippen LogP contribution in [0.3, 0.4) is 0 Å². The molecule has 1 saturated heterocycles. The summed E-state index contributed by atoms with van der Waals surface area (Å²) in [5, 5.41) is 18.2. The first-order valence-electron chi connectivity index (χ1n) is 10.9. The molecule has 34 heavy (non-hydrogen) atoms. The third-order valence-electron chi connectivity index (χ3n) is 5.80. The number of hydrogen-bond donors (Lipinski definition) is 1. The molecule has 0 aliphatic carbocycles. The number of aromatic nitrogens is 2. The van der Waals surface area contributed by atoms with Gasteiger partial charge in [-0.2, -0.15) is 5.10 Å². The summed E-state index contributed by atoms with van der Waals surface area (Å²) < 4.78 is 28.5. The predicted molar refractivity (Wildman–Crippen MR) is 127 cm³/mol. The minimum atomic E-state index is -3.45. The van der Waals surface area contributed by atoms with Gasteiger partial charge in [0.25, 0.3) is 5.69 Å². The van der Waals surface area contributed by atoms with E-state index in [2.05, 4.69) is 10.4 Å². The van der Waals surface area contributed by atoms with Gasteiger partial charge >= 0.3 is 0 Å². The lowest BCUT2D eigenvalue weighted by Crippen LogP contribution is -2.42. The van der Waals surface area contributed by atoms with Crippen molar-refractivity contribution in [2.75, 3.05) is 18.4 Å². The van der Waals surface area contributed by atoms with E-state index in [1.54, 1.807) is 37.3 Å². The van der Waals surface area contributed by atoms with E-state index in [1.165, 1.54) is 21.1 Å². The zero-order chi connectivity index (χ0) is 24.3. The summed E-state index contributed by atoms with van der Waals surface area (Å²) >= 11 is 0. The third kappa shape index (κ3) is 5.32. The molecule has 178 valence electrons. The zero-order valence-electron chi connectivity index (χ0n) is 18.6. The summed E-state index contributed by atoms with van der Waals surface area (Å²) in [7, 11) is -3.45. The van der Waals surface area contributed by atoms with E-state index in [0.29, 0.717) is 30.0 Å². The first kappa shape index (κ1) is 23.6. The van der Waals surface area contributed by atoms with Crippen LogP contribution in [-0.2, 0) is 20.6 Å². The number of benzene rings is 2. The number of sulfonamides is 1. The lowest BCUT2D eigenvalue weighted by molar-refractivity contribution is -0.384. The molecule has 0 unspecified atom stereocenters. The number of nitro benzene ring substituents is 1. The summed E-state index contributed by atoms with van der Waals surface area (Å²) in [5.74, 6) is -0.138. The van der Waals surface area contributed by atoms with Gasteiger partial charge in [0.05, 0.1) is 22.1 Å². The molecule has 2 heterocycles. The van der Waals surface area contributed by atoms with Crippen LogP contribution in [0.25, 0.3) is 5.69 Å². The molecular formula is C23H25N5O5S. The van der Waals surface area contributed by atoms with E-state index in [0.717, 1.165) is 5.56 Å². The number of nitrogens with one attached hydrogen (secondary N) is 1. The van der Waals surface area contributed by atoms with Gasteiger partial charge in [0, 0.05) is 37.2 Å². The minimum Gasteiger partial charge on any atom is -0.310 e. The van der Waals surface area contributed by atoms with E-state index in [1.807, 2.05) is 18.2 Å². The number of aryl methyl sites for hydroxylation is 1. The van der Waals surface area contributed by atoms with Crippen LogP contribution in [0.1, 0.15) is 24.1 Å². The van der Waals surface area contributed by atoms with Crippen molar-refractivity contribution in [3.8, 4) is 5.69 Å². The Labute approximate surface area is 197 Å². The maximum Gasteiger partial charge on any atom is 0.269 e. The fraction of sp³-hybridized carbons (Fsp3) is 0.304. The number of anilines is 1. The van der Waals surface area contributed by atoms with Crippen molar-refractivity contribution in [1.29, 1.82) is 0 Å². The standard InChI is InChI=1S/C23H25N5O5S/c1-17-15-22(27(25-17)20-7-9-21(10-8-20)28(30)31)24-23(29)19-11-13-26(14-12-19)34(32,33)16-18-5-3-2-4-6-18/h2-10,15,19H,11-14,16H2,1H3,(H,24,29). The Morgan fingerprint density at radius 3 is 2.38 bits per heavy atom. The molecule has 4 rings (SSSR count). The topological polar surface area (TPSA) is 127 Å². The molecule has 0 radical (unpaired) electrons. The Kier molecular flexibility index (Phi) is 6.75. The van der Waals surface area contributed by atoms with Gasteiger partial charge in [-0.25, -0.2) is 17.4 Å². The van der Waals surface area contributed by atoms with Crippen LogP contribution in [0.5, 0.6) is 0 Å². The summed E-state index contributed by atoms with van der Waals surface area (Å²) in [6.07, 6.45) is 0.842. The SMILES string of the molecule is Cc1cc(NC(=O)C2CCN(S(=O)(=O)Cc3ccccc3)CC2)n(-c2ccc([N+](=O)[O-])cc2)n1. The Balaban J connectivity index is 1.40. The van der Waals surface area contributed by atoms with Crippen molar-refractivity contribution >= 4 is 27.4 Å². The van der Waals surface area contributed by atoms with Crippen LogP contribution in [0, 0.1) is 23.0 Å². The van der Waals surface area contributed by atoms with Crippen molar-refractivity contribution in [2.24, 2.45) is 5.92 Å². The van der Waals surface area contributed by atoms with Crippen LogP contribution in [0.15, 0.2) is 60.7 Å². The second kappa shape index (κ2) is 9.74. The van der Waals surface area contributed by atoms with Gasteiger partial charge in [0.2, 0.25) is 15.9 Å². The van der Waals surface area contributed by atoms with Gasteiger partial charge in [-0.1, -0.05) is 30.3 Å². The van der Waals surface area contributed by atoms with Gasteiger partial charge in [-0.3, -0.25) is 14.9 Å². The van der Waals surface area contributed by atoms with Crippen LogP contribution >= 0.6 is 0 Å². The number of rotatable bonds is 7. The van der Waals surface area contributed by atoms with Crippen molar-refractivity contribution < 1.29 is 18.1 Å². The molecular weight excluding hydrogens is 458 g/mol. The van der Waals surface area contributed by atoms with E-state index in [-0.39, 0.29) is 36.4 Å². The van der Waals surface area contributed by atoms with E-state index in [4.69, 9.17) is 0 Å². The second-order valence-electron chi connectivity index (χ2n) is 8.26. The zero-order valence-corrected chi connectivity index (χ0v) is 19.4. The van der Waals surface area contributed by atoms with Gasteiger partial charge in [0.1, 0.15) is 5.82 Å². The molecule has 1 aromatic heterocycles. The van der Waals surface area contributed by atoms with Gasteiger partial charge in [-0.05, 0) is 37.5 Å². The smallest absolute Gasteiger partial charge is 0.269 e. The average molecular weight is 484 g/mol. The maximum absolute atomic E-state index is 12.9. The molecule has 0 bridgehead atoms. The Bertz CT molecular complexity index is 1280. The molecule has 0 spiro atoms. The van der Waals surface area contributed by atoms with E-state index >= 15 is 0 Å². The summed E-state index contributed by atoms with van der Waals surface area (Å²) in [6.45, 7) is 2.36. The monoisotopic (exact) mass is 483 g/mol. The minimum absolute atomic E-state index is 0.0350. The summed E-state index contributed by atoms with van der Waals surface area (Å²) in [5.41, 5.74) is 1.95. The number of non-ortho nitro benzene ring substituents is 1. The molecule has 0 saturated carbocycles. The lowest BCUT2D eigenvalue weighted by Gasteiger charge is -2.30. The maximum atomic E-state index is 12.9. The number of carbonyl (C=O) groups is 1. The summed E-state index contributed by atoms with van der Waals surface area (Å²) in [4.78, 5) is 23.4. The lowest BCUT2D eigenvalue weighted by atomic mass is 9.97. The van der Waals surface area contributed by atoms with E-state index < -0.39 is 14.9 Å². The predicted octanol–water partition coefficient (Wildman–Crippen LogP) is 3.27. The Hall–Kier alpha value is -3.57. The molecule has 1 aliphatic heterocycles. The third-order valence-corrected chi connectivity index (χ3v) is 7.65. The average Bonchev–Trinajstić information content (AvgIpc) is 3.19. The highest BCUT2D eigenvalue weighted by atomic mass is 32.2. The van der Waals surface area contributed by atoms with Crippen LogP contribution in [0.2, 0.25) is 0 Å². The molecule has 11 heteroatoms. The fourth-order valence-electron chi connectivity index (χ4n) is 4.00. The number of piperidine rings is 1. The molecule has 3 aromatic rings. The molecule has 0 atom stereocenters. The normalized spacial score (nSPS) is 15.2.